The molecule has 10 nitrogen and oxygen atoms in total. The van der Waals surface area contributed by atoms with E-state index in [1.54, 1.807) is 0 Å². The molecule has 23 rings (SSSR count). The summed E-state index contributed by atoms with van der Waals surface area (Å²) in [4.78, 5) is 30.5. The van der Waals surface area contributed by atoms with Crippen molar-refractivity contribution in [3.05, 3.63) is 413 Å². The molecule has 0 aliphatic carbocycles. The molecular formula is C108H68N8O2. The monoisotopic (exact) mass is 1510 g/mol. The Morgan fingerprint density at radius 3 is 0.788 bits per heavy atom. The van der Waals surface area contributed by atoms with Gasteiger partial charge in [0.1, 0.15) is 22.3 Å². The Morgan fingerprint density at radius 1 is 0.161 bits per heavy atom. The molecule has 0 unspecified atom stereocenters. The summed E-state index contributed by atoms with van der Waals surface area (Å²) >= 11 is 0. The molecule has 0 saturated heterocycles. The summed E-state index contributed by atoms with van der Waals surface area (Å²) in [6.07, 6.45) is 0. The fourth-order valence-electron chi connectivity index (χ4n) is 16.8. The van der Waals surface area contributed by atoms with Crippen molar-refractivity contribution in [1.82, 2.24) is 39.0 Å². The minimum absolute atomic E-state index is 0.585. The quantitative estimate of drug-likeness (QED) is 0.112. The second-order valence-corrected chi connectivity index (χ2v) is 29.6. The largest absolute Gasteiger partial charge is 0.456 e. The van der Waals surface area contributed by atoms with Crippen LogP contribution in [0.1, 0.15) is 0 Å². The van der Waals surface area contributed by atoms with Crippen molar-refractivity contribution in [3.8, 4) is 135 Å². The molecule has 552 valence electrons. The first-order chi connectivity index (χ1) is 58.5. The van der Waals surface area contributed by atoms with Gasteiger partial charge in [0.25, 0.3) is 0 Å². The van der Waals surface area contributed by atoms with Gasteiger partial charge in [-0.15, -0.1) is 0 Å². The Labute approximate surface area is 678 Å². The van der Waals surface area contributed by atoms with Gasteiger partial charge in [0, 0.05) is 87.8 Å². The minimum atomic E-state index is 0.585. The first-order valence-electron chi connectivity index (χ1n) is 39.6. The first-order valence-corrected chi connectivity index (χ1v) is 39.6. The van der Waals surface area contributed by atoms with Crippen molar-refractivity contribution in [3.63, 3.8) is 0 Å². The van der Waals surface area contributed by atoms with Crippen molar-refractivity contribution in [2.24, 2.45) is 0 Å². The van der Waals surface area contributed by atoms with Gasteiger partial charge >= 0.3 is 0 Å². The highest BCUT2D eigenvalue weighted by molar-refractivity contribution is 6.21. The fourth-order valence-corrected chi connectivity index (χ4v) is 16.8. The average molecular weight is 1510 g/mol. The smallest absolute Gasteiger partial charge is 0.164 e. The molecule has 6 aromatic heterocycles. The molecule has 0 fully saturated rings. The summed E-state index contributed by atoms with van der Waals surface area (Å²) < 4.78 is 18.1. The molecule has 0 bridgehead atoms. The highest BCUT2D eigenvalue weighted by atomic mass is 16.3. The number of rotatable bonds is 13. The van der Waals surface area contributed by atoms with Gasteiger partial charge in [-0.05, 0) is 141 Å². The third-order valence-electron chi connectivity index (χ3n) is 22.5. The molecule has 0 amide bonds. The molecular weight excluding hydrogens is 1440 g/mol. The van der Waals surface area contributed by atoms with E-state index in [2.05, 4.69) is 300 Å². The standard InChI is InChI=1S/C57H36N4O.C51H32N4O/c1-4-14-37(15-5-1)39-26-28-42(29-27-39)56-58-55(41-18-8-3-9-19-41)59-57(60-56)47-23-13-25-52-54(47)49-35-51-48(36-53(49)62-52)46-22-10-11-24-50(46)61(51)45-32-30-40(31-33-45)44-21-12-20-43(34-44)38-16-6-2-7-17-38;1-4-14-33(15-5-1)37-20-12-21-38(30-37)34-26-28-39(29-27-34)55-44-24-11-10-22-40(44)42-32-47-43(31-45(42)55)48-41(23-13-25-46(48)56-47)51-53-49(35-16-6-2-7-17-35)52-50(54-51)36-18-8-3-9-19-36/h1-36H;1-32H. The van der Waals surface area contributed by atoms with E-state index >= 15 is 0 Å². The van der Waals surface area contributed by atoms with Crippen LogP contribution in [0.2, 0.25) is 0 Å². The predicted octanol–water partition coefficient (Wildman–Crippen LogP) is 28.1. The van der Waals surface area contributed by atoms with Crippen LogP contribution in [0.25, 0.3) is 223 Å². The Balaban J connectivity index is 0.000000143. The lowest BCUT2D eigenvalue weighted by Crippen LogP contribution is -2.00. The Kier molecular flexibility index (Phi) is 17.0. The number of benzene rings is 17. The van der Waals surface area contributed by atoms with E-state index in [1.165, 1.54) is 49.9 Å². The van der Waals surface area contributed by atoms with E-state index in [0.717, 1.165) is 138 Å². The summed E-state index contributed by atoms with van der Waals surface area (Å²) in [6.45, 7) is 0. The maximum atomic E-state index is 6.70. The van der Waals surface area contributed by atoms with Crippen LogP contribution in [0, 0.1) is 0 Å². The lowest BCUT2D eigenvalue weighted by atomic mass is 9.99. The number of aromatic nitrogens is 8. The average Bonchev–Trinajstić information content (AvgIpc) is 1.57. The zero-order valence-corrected chi connectivity index (χ0v) is 63.7. The fraction of sp³-hybridized carbons (Fsp3) is 0. The van der Waals surface area contributed by atoms with Crippen molar-refractivity contribution >= 4 is 87.5 Å². The van der Waals surface area contributed by atoms with Crippen LogP contribution in [0.15, 0.2) is 421 Å². The van der Waals surface area contributed by atoms with E-state index < -0.39 is 0 Å². The van der Waals surface area contributed by atoms with Crippen molar-refractivity contribution in [2.45, 2.75) is 0 Å². The number of hydrogen-bond donors (Lipinski definition) is 0. The topological polar surface area (TPSA) is 113 Å². The minimum Gasteiger partial charge on any atom is -0.456 e. The molecule has 0 spiro atoms. The van der Waals surface area contributed by atoms with Gasteiger partial charge in [-0.2, -0.15) is 0 Å². The first kappa shape index (κ1) is 68.7. The number of hydrogen-bond acceptors (Lipinski definition) is 8. The van der Waals surface area contributed by atoms with Crippen LogP contribution < -0.4 is 0 Å². The maximum Gasteiger partial charge on any atom is 0.164 e. The molecule has 0 saturated carbocycles. The SMILES string of the molecule is c1ccc(-c2ccc(-c3nc(-c4ccccc4)nc(-c4cccc5oc6cc7c8ccccc8n(-c8ccc(-c9cccc(-c%10ccccc%10)c9)cc8)c7cc6c45)n3)cc2)cc1.c1ccc(-c2cccc(-c3ccc(-n4c5ccccc5c5cc6oc7cccc(-c8nc(-c9ccccc9)nc(-c9ccccc9)n8)c7c6cc54)cc3)c2)cc1. The normalized spacial score (nSPS) is 11.6. The number of nitrogens with zero attached hydrogens (tertiary/aromatic N) is 8. The van der Waals surface area contributed by atoms with Crippen LogP contribution in [0.5, 0.6) is 0 Å². The van der Waals surface area contributed by atoms with Crippen LogP contribution >= 0.6 is 0 Å². The molecule has 23 aromatic rings. The highest BCUT2D eigenvalue weighted by Crippen LogP contribution is 2.45. The number of fused-ring (bicyclic) bond motifs is 12. The maximum absolute atomic E-state index is 6.70. The van der Waals surface area contributed by atoms with E-state index in [1.807, 2.05) is 121 Å². The van der Waals surface area contributed by atoms with Crippen molar-refractivity contribution in [2.75, 3.05) is 0 Å². The van der Waals surface area contributed by atoms with E-state index in [-0.39, 0.29) is 0 Å². The van der Waals surface area contributed by atoms with Gasteiger partial charge in [0.2, 0.25) is 0 Å². The van der Waals surface area contributed by atoms with E-state index in [4.69, 9.17) is 38.7 Å². The zero-order chi connectivity index (χ0) is 78.0. The summed E-state index contributed by atoms with van der Waals surface area (Å²) in [5, 5.41) is 8.53. The van der Waals surface area contributed by atoms with E-state index in [0.29, 0.717) is 34.9 Å². The Morgan fingerprint density at radius 2 is 0.424 bits per heavy atom. The second-order valence-electron chi connectivity index (χ2n) is 29.6. The lowest BCUT2D eigenvalue weighted by Gasteiger charge is -2.11. The van der Waals surface area contributed by atoms with Gasteiger partial charge < -0.3 is 18.0 Å². The summed E-state index contributed by atoms with van der Waals surface area (Å²) in [6, 6.07) is 144. The van der Waals surface area contributed by atoms with Crippen LogP contribution in [0.3, 0.4) is 0 Å². The lowest BCUT2D eigenvalue weighted by molar-refractivity contribution is 0.669. The van der Waals surface area contributed by atoms with Gasteiger partial charge in [0.05, 0.1) is 22.1 Å². The van der Waals surface area contributed by atoms with E-state index in [9.17, 15) is 0 Å². The van der Waals surface area contributed by atoms with Gasteiger partial charge in [0.15, 0.2) is 34.9 Å². The number of furan rings is 2. The third kappa shape index (κ3) is 12.5. The molecule has 0 aliphatic rings. The Bertz CT molecular complexity index is 7680. The Hall–Kier alpha value is -16.0. The number of para-hydroxylation sites is 2. The molecule has 118 heavy (non-hydrogen) atoms. The van der Waals surface area contributed by atoms with Gasteiger partial charge in [-0.3, -0.25) is 0 Å². The van der Waals surface area contributed by atoms with Crippen molar-refractivity contribution < 1.29 is 8.83 Å². The summed E-state index contributed by atoms with van der Waals surface area (Å²) in [5.74, 6) is 3.64. The van der Waals surface area contributed by atoms with Crippen LogP contribution in [-0.4, -0.2) is 39.0 Å². The highest BCUT2D eigenvalue weighted by Gasteiger charge is 2.25. The second kappa shape index (κ2) is 29.2. The summed E-state index contributed by atoms with van der Waals surface area (Å²) in [7, 11) is 0. The van der Waals surface area contributed by atoms with Crippen LogP contribution in [-0.2, 0) is 0 Å². The van der Waals surface area contributed by atoms with Gasteiger partial charge in [-0.1, -0.05) is 328 Å². The molecule has 0 radical (unpaired) electrons. The molecule has 0 N–H and O–H groups in total. The molecule has 17 aromatic carbocycles. The molecule has 0 aliphatic heterocycles. The molecule has 0 atom stereocenters. The molecule has 10 heteroatoms. The third-order valence-corrected chi connectivity index (χ3v) is 22.5. The molecule has 6 heterocycles. The van der Waals surface area contributed by atoms with Gasteiger partial charge in [-0.25, -0.2) is 29.9 Å². The van der Waals surface area contributed by atoms with Crippen molar-refractivity contribution in [1.29, 1.82) is 0 Å². The van der Waals surface area contributed by atoms with Crippen LogP contribution in [0.4, 0.5) is 0 Å². The predicted molar refractivity (Wildman–Crippen MR) is 483 cm³/mol. The summed E-state index contributed by atoms with van der Waals surface area (Å²) in [5.41, 5.74) is 27.1. The zero-order valence-electron chi connectivity index (χ0n) is 63.7.